The van der Waals surface area contributed by atoms with Gasteiger partial charge in [-0.25, -0.2) is 0 Å². The zero-order chi connectivity index (χ0) is 8.97. The van der Waals surface area contributed by atoms with Gasteiger partial charge in [-0.3, -0.25) is 0 Å². The van der Waals surface area contributed by atoms with E-state index in [1.54, 1.807) is 12.1 Å². The first-order chi connectivity index (χ1) is 5.74. The van der Waals surface area contributed by atoms with Crippen LogP contribution in [0.4, 0.5) is 0 Å². The molecule has 74 valence electrons. The first-order valence-corrected chi connectivity index (χ1v) is 4.28. The number of rotatable bonds is 3. The summed E-state index contributed by atoms with van der Waals surface area (Å²) in [4.78, 5) is 0. The van der Waals surface area contributed by atoms with Crippen LogP contribution in [0.3, 0.4) is 0 Å². The maximum absolute atomic E-state index is 9.03. The fourth-order valence-corrected chi connectivity index (χ4v) is 1.20. The first-order valence-electron chi connectivity index (χ1n) is 4.28. The second-order valence-electron chi connectivity index (χ2n) is 2.99. The summed E-state index contributed by atoms with van der Waals surface area (Å²) in [6.45, 7) is 2.11. The molecule has 1 unspecified atom stereocenters. The number of aromatic hydroxyl groups is 1. The van der Waals surface area contributed by atoms with Gasteiger partial charge >= 0.3 is 0 Å². The molecule has 13 heavy (non-hydrogen) atoms. The van der Waals surface area contributed by atoms with Crippen molar-refractivity contribution in [1.82, 2.24) is 0 Å². The average molecular weight is 202 g/mol. The van der Waals surface area contributed by atoms with Crippen LogP contribution in [0, 0.1) is 0 Å². The summed E-state index contributed by atoms with van der Waals surface area (Å²) in [6, 6.07) is 7.19. The fraction of sp³-hybridized carbons (Fsp3) is 0.400. The van der Waals surface area contributed by atoms with Crippen LogP contribution in [0.15, 0.2) is 24.3 Å². The molecule has 0 fully saturated rings. The molecule has 2 nitrogen and oxygen atoms in total. The molecule has 3 heteroatoms. The van der Waals surface area contributed by atoms with Crippen molar-refractivity contribution in [2.24, 2.45) is 5.73 Å². The monoisotopic (exact) mass is 201 g/mol. The molecule has 0 saturated heterocycles. The third-order valence-electron chi connectivity index (χ3n) is 1.92. The molecule has 3 N–H and O–H groups in total. The van der Waals surface area contributed by atoms with E-state index < -0.39 is 0 Å². The SMILES string of the molecule is CCCC(N)c1ccc(O)cc1.Cl. The summed E-state index contributed by atoms with van der Waals surface area (Å²) >= 11 is 0. The van der Waals surface area contributed by atoms with Crippen molar-refractivity contribution in [2.75, 3.05) is 0 Å². The predicted molar refractivity (Wildman–Crippen MR) is 57.2 cm³/mol. The minimum absolute atomic E-state index is 0. The van der Waals surface area contributed by atoms with Crippen molar-refractivity contribution >= 4 is 12.4 Å². The van der Waals surface area contributed by atoms with Crippen LogP contribution in [-0.2, 0) is 0 Å². The number of halogens is 1. The highest BCUT2D eigenvalue weighted by Gasteiger charge is 2.03. The third kappa shape index (κ3) is 3.66. The van der Waals surface area contributed by atoms with E-state index in [-0.39, 0.29) is 18.4 Å². The third-order valence-corrected chi connectivity index (χ3v) is 1.92. The van der Waals surface area contributed by atoms with Crippen LogP contribution < -0.4 is 5.73 Å². The number of benzene rings is 1. The number of nitrogens with two attached hydrogens (primary N) is 1. The Morgan fingerprint density at radius 2 is 1.85 bits per heavy atom. The Balaban J connectivity index is 0.00000144. The van der Waals surface area contributed by atoms with Crippen LogP contribution in [0.2, 0.25) is 0 Å². The van der Waals surface area contributed by atoms with Crippen LogP contribution in [0.1, 0.15) is 31.4 Å². The van der Waals surface area contributed by atoms with Gasteiger partial charge in [-0.2, -0.15) is 0 Å². The van der Waals surface area contributed by atoms with Crippen molar-refractivity contribution in [3.63, 3.8) is 0 Å². The molecule has 0 bridgehead atoms. The zero-order valence-electron chi connectivity index (χ0n) is 7.73. The summed E-state index contributed by atoms with van der Waals surface area (Å²) in [5, 5.41) is 9.03. The zero-order valence-corrected chi connectivity index (χ0v) is 8.55. The molecule has 0 aliphatic heterocycles. The number of phenols is 1. The Bertz CT molecular complexity index is 235. The molecule has 0 amide bonds. The highest BCUT2D eigenvalue weighted by Crippen LogP contribution is 2.18. The topological polar surface area (TPSA) is 46.2 Å². The highest BCUT2D eigenvalue weighted by molar-refractivity contribution is 5.85. The molecular weight excluding hydrogens is 186 g/mol. The van der Waals surface area contributed by atoms with Crippen molar-refractivity contribution in [3.05, 3.63) is 29.8 Å². The Labute approximate surface area is 85.2 Å². The lowest BCUT2D eigenvalue weighted by atomic mass is 10.0. The smallest absolute Gasteiger partial charge is 0.115 e. The number of hydrogen-bond acceptors (Lipinski definition) is 2. The lowest BCUT2D eigenvalue weighted by Crippen LogP contribution is -2.09. The lowest BCUT2D eigenvalue weighted by Gasteiger charge is -2.09. The van der Waals surface area contributed by atoms with Gasteiger partial charge in [0.05, 0.1) is 0 Å². The Morgan fingerprint density at radius 3 is 2.31 bits per heavy atom. The van der Waals surface area contributed by atoms with Crippen molar-refractivity contribution in [3.8, 4) is 5.75 Å². The summed E-state index contributed by atoms with van der Waals surface area (Å²) in [7, 11) is 0. The molecule has 0 heterocycles. The van der Waals surface area contributed by atoms with E-state index in [1.807, 2.05) is 12.1 Å². The van der Waals surface area contributed by atoms with E-state index >= 15 is 0 Å². The second-order valence-corrected chi connectivity index (χ2v) is 2.99. The van der Waals surface area contributed by atoms with Gasteiger partial charge in [-0.15, -0.1) is 12.4 Å². The average Bonchev–Trinajstić information content (AvgIpc) is 2.06. The molecule has 0 aliphatic carbocycles. The molecule has 1 aromatic rings. The van der Waals surface area contributed by atoms with E-state index in [0.29, 0.717) is 5.75 Å². The molecule has 0 aromatic heterocycles. The van der Waals surface area contributed by atoms with Gasteiger partial charge in [0, 0.05) is 6.04 Å². The molecule has 0 spiro atoms. The van der Waals surface area contributed by atoms with Crippen LogP contribution in [0.25, 0.3) is 0 Å². The minimum atomic E-state index is 0. The fourth-order valence-electron chi connectivity index (χ4n) is 1.20. The molecule has 1 atom stereocenters. The summed E-state index contributed by atoms with van der Waals surface area (Å²) in [6.07, 6.45) is 2.08. The van der Waals surface area contributed by atoms with Crippen LogP contribution in [-0.4, -0.2) is 5.11 Å². The van der Waals surface area contributed by atoms with Crippen LogP contribution in [0.5, 0.6) is 5.75 Å². The second kappa shape index (κ2) is 5.84. The predicted octanol–water partition coefficient (Wildman–Crippen LogP) is 2.61. The van der Waals surface area contributed by atoms with Gasteiger partial charge in [0.15, 0.2) is 0 Å². The van der Waals surface area contributed by atoms with Crippen LogP contribution >= 0.6 is 12.4 Å². The van der Waals surface area contributed by atoms with Gasteiger partial charge in [-0.05, 0) is 24.1 Å². The number of hydrogen-bond donors (Lipinski definition) is 2. The van der Waals surface area contributed by atoms with Crippen molar-refractivity contribution < 1.29 is 5.11 Å². The van der Waals surface area contributed by atoms with E-state index in [0.717, 1.165) is 18.4 Å². The van der Waals surface area contributed by atoms with E-state index in [2.05, 4.69) is 6.92 Å². The van der Waals surface area contributed by atoms with E-state index in [4.69, 9.17) is 10.8 Å². The Kier molecular flexibility index (Phi) is 5.51. The standard InChI is InChI=1S/C10H15NO.ClH/c1-2-3-10(11)8-4-6-9(12)7-5-8;/h4-7,10,12H,2-3,11H2,1H3;1H. The van der Waals surface area contributed by atoms with Gasteiger partial charge in [0.25, 0.3) is 0 Å². The molecular formula is C10H16ClNO. The van der Waals surface area contributed by atoms with E-state index in [1.165, 1.54) is 0 Å². The summed E-state index contributed by atoms with van der Waals surface area (Å²) in [5.74, 6) is 0.294. The number of phenolic OH excluding ortho intramolecular Hbond substituents is 1. The van der Waals surface area contributed by atoms with Gasteiger partial charge < -0.3 is 10.8 Å². The molecule has 1 rings (SSSR count). The van der Waals surface area contributed by atoms with Gasteiger partial charge in [0.1, 0.15) is 5.75 Å². The Hall–Kier alpha value is -0.730. The highest BCUT2D eigenvalue weighted by atomic mass is 35.5. The molecule has 0 aliphatic rings. The van der Waals surface area contributed by atoms with Crippen molar-refractivity contribution in [1.29, 1.82) is 0 Å². The Morgan fingerprint density at radius 1 is 1.31 bits per heavy atom. The molecule has 0 saturated carbocycles. The minimum Gasteiger partial charge on any atom is -0.508 e. The largest absolute Gasteiger partial charge is 0.508 e. The van der Waals surface area contributed by atoms with Crippen molar-refractivity contribution in [2.45, 2.75) is 25.8 Å². The summed E-state index contributed by atoms with van der Waals surface area (Å²) < 4.78 is 0. The quantitative estimate of drug-likeness (QED) is 0.790. The lowest BCUT2D eigenvalue weighted by molar-refractivity contribution is 0.474. The van der Waals surface area contributed by atoms with Gasteiger partial charge in [0.2, 0.25) is 0 Å². The van der Waals surface area contributed by atoms with E-state index in [9.17, 15) is 0 Å². The molecule has 1 aromatic carbocycles. The first kappa shape index (κ1) is 12.3. The maximum atomic E-state index is 9.03. The maximum Gasteiger partial charge on any atom is 0.115 e. The van der Waals surface area contributed by atoms with Gasteiger partial charge in [-0.1, -0.05) is 25.5 Å². The molecule has 0 radical (unpaired) electrons. The normalized spacial score (nSPS) is 11.8. The summed E-state index contributed by atoms with van der Waals surface area (Å²) in [5.41, 5.74) is 6.97.